The van der Waals surface area contributed by atoms with Crippen LogP contribution in [0.2, 0.25) is 0 Å². The summed E-state index contributed by atoms with van der Waals surface area (Å²) in [6.45, 7) is 11.9. The zero-order chi connectivity index (χ0) is 11.3. The number of hydrogen-bond acceptors (Lipinski definition) is 2. The first-order chi connectivity index (χ1) is 6.77. The lowest BCUT2D eigenvalue weighted by Gasteiger charge is -2.52. The molecule has 0 amide bonds. The van der Waals surface area contributed by atoms with E-state index in [1.165, 1.54) is 19.3 Å². The maximum atomic E-state index is 5.87. The van der Waals surface area contributed by atoms with Crippen LogP contribution in [0.25, 0.3) is 0 Å². The van der Waals surface area contributed by atoms with Crippen molar-refractivity contribution in [3.63, 3.8) is 0 Å². The van der Waals surface area contributed by atoms with Gasteiger partial charge in [0, 0.05) is 25.2 Å². The minimum Gasteiger partial charge on any atom is -0.325 e. The minimum absolute atomic E-state index is 0.443. The van der Waals surface area contributed by atoms with Gasteiger partial charge in [0.05, 0.1) is 0 Å². The highest BCUT2D eigenvalue weighted by Crippen LogP contribution is 2.47. The summed E-state index contributed by atoms with van der Waals surface area (Å²) in [5, 5.41) is 0. The van der Waals surface area contributed by atoms with Gasteiger partial charge in [-0.25, -0.2) is 0 Å². The zero-order valence-electron chi connectivity index (χ0n) is 10.7. The van der Waals surface area contributed by atoms with Crippen LogP contribution in [0.1, 0.15) is 47.0 Å². The molecule has 88 valence electrons. The van der Waals surface area contributed by atoms with Crippen LogP contribution in [0.15, 0.2) is 0 Å². The summed E-state index contributed by atoms with van der Waals surface area (Å²) in [7, 11) is 0. The Balaban J connectivity index is 2.01. The Kier molecular flexibility index (Phi) is 2.63. The zero-order valence-corrected chi connectivity index (χ0v) is 10.7. The standard InChI is InChI=1S/C13H26N2/c1-12(2)5-11(6-13(3,4)9-12)15-7-10(14)8-15/h10-11H,5-9,14H2,1-4H3. The molecular formula is C13H26N2. The predicted molar refractivity (Wildman–Crippen MR) is 64.7 cm³/mol. The number of nitrogens with zero attached hydrogens (tertiary/aromatic N) is 1. The fourth-order valence-corrected chi connectivity index (χ4v) is 3.89. The quantitative estimate of drug-likeness (QED) is 0.719. The van der Waals surface area contributed by atoms with Crippen molar-refractivity contribution in [1.29, 1.82) is 0 Å². The Hall–Kier alpha value is -0.0800. The van der Waals surface area contributed by atoms with Crippen LogP contribution in [0, 0.1) is 10.8 Å². The average Bonchev–Trinajstić information content (AvgIpc) is 1.92. The van der Waals surface area contributed by atoms with Gasteiger partial charge in [0.2, 0.25) is 0 Å². The van der Waals surface area contributed by atoms with Crippen LogP contribution in [0.5, 0.6) is 0 Å². The second-order valence-corrected chi connectivity index (χ2v) is 7.28. The Bertz CT molecular complexity index is 223. The molecule has 15 heavy (non-hydrogen) atoms. The fourth-order valence-electron chi connectivity index (χ4n) is 3.89. The van der Waals surface area contributed by atoms with Gasteiger partial charge in [-0.05, 0) is 30.1 Å². The van der Waals surface area contributed by atoms with E-state index < -0.39 is 0 Å². The molecule has 0 spiro atoms. The van der Waals surface area contributed by atoms with Crippen molar-refractivity contribution in [2.45, 2.75) is 59.0 Å². The Labute approximate surface area is 94.2 Å². The van der Waals surface area contributed by atoms with E-state index in [1.807, 2.05) is 0 Å². The first-order valence-corrected chi connectivity index (χ1v) is 6.27. The summed E-state index contributed by atoms with van der Waals surface area (Å²) in [5.41, 5.74) is 6.88. The molecule has 1 aliphatic carbocycles. The molecule has 2 N–H and O–H groups in total. The molecule has 0 aromatic heterocycles. The summed E-state index contributed by atoms with van der Waals surface area (Å²) < 4.78 is 0. The van der Waals surface area contributed by atoms with Crippen LogP contribution < -0.4 is 5.73 Å². The van der Waals surface area contributed by atoms with Gasteiger partial charge >= 0.3 is 0 Å². The number of rotatable bonds is 1. The molecule has 0 radical (unpaired) electrons. The molecule has 1 heterocycles. The van der Waals surface area contributed by atoms with E-state index in [4.69, 9.17) is 5.73 Å². The first kappa shape index (κ1) is 11.4. The molecular weight excluding hydrogens is 184 g/mol. The van der Waals surface area contributed by atoms with Gasteiger partial charge in [-0.15, -0.1) is 0 Å². The summed E-state index contributed by atoms with van der Waals surface area (Å²) in [4.78, 5) is 2.59. The van der Waals surface area contributed by atoms with Crippen molar-refractivity contribution < 1.29 is 0 Å². The molecule has 0 aromatic rings. The average molecular weight is 210 g/mol. The summed E-state index contributed by atoms with van der Waals surface area (Å²) in [5.74, 6) is 0. The van der Waals surface area contributed by atoms with Gasteiger partial charge in [-0.3, -0.25) is 4.90 Å². The van der Waals surface area contributed by atoms with E-state index >= 15 is 0 Å². The van der Waals surface area contributed by atoms with Gasteiger partial charge in [0.25, 0.3) is 0 Å². The molecule has 1 aliphatic heterocycles. The Morgan fingerprint density at radius 3 is 1.87 bits per heavy atom. The van der Waals surface area contributed by atoms with E-state index in [2.05, 4.69) is 32.6 Å². The second kappa shape index (κ2) is 3.46. The molecule has 2 rings (SSSR count). The third kappa shape index (κ3) is 2.54. The monoisotopic (exact) mass is 210 g/mol. The molecule has 2 heteroatoms. The molecule has 1 saturated carbocycles. The van der Waals surface area contributed by atoms with E-state index in [1.54, 1.807) is 0 Å². The van der Waals surface area contributed by atoms with E-state index in [0.29, 0.717) is 16.9 Å². The molecule has 1 saturated heterocycles. The first-order valence-electron chi connectivity index (χ1n) is 6.27. The van der Waals surface area contributed by atoms with E-state index in [-0.39, 0.29) is 0 Å². The third-order valence-electron chi connectivity index (χ3n) is 3.99. The highest BCUT2D eigenvalue weighted by Gasteiger charge is 2.42. The molecule has 0 aromatic carbocycles. The van der Waals surface area contributed by atoms with Gasteiger partial charge in [0.15, 0.2) is 0 Å². The number of hydrogen-bond donors (Lipinski definition) is 1. The van der Waals surface area contributed by atoms with Gasteiger partial charge < -0.3 is 5.73 Å². The highest BCUT2D eigenvalue weighted by atomic mass is 15.2. The van der Waals surface area contributed by atoms with Crippen LogP contribution in [0.3, 0.4) is 0 Å². The van der Waals surface area contributed by atoms with Gasteiger partial charge in [-0.1, -0.05) is 27.7 Å². The SMILES string of the molecule is CC1(C)CC(N2CC(N)C2)CC(C)(C)C1. The normalized spacial score (nSPS) is 32.6. The van der Waals surface area contributed by atoms with Crippen molar-refractivity contribution in [2.24, 2.45) is 16.6 Å². The Morgan fingerprint density at radius 1 is 1.00 bits per heavy atom. The largest absolute Gasteiger partial charge is 0.325 e. The van der Waals surface area contributed by atoms with E-state index in [0.717, 1.165) is 19.1 Å². The summed E-state index contributed by atoms with van der Waals surface area (Å²) in [6.07, 6.45) is 4.06. The second-order valence-electron chi connectivity index (χ2n) is 7.28. The van der Waals surface area contributed by atoms with Crippen molar-refractivity contribution in [3.8, 4) is 0 Å². The number of likely N-dealkylation sites (tertiary alicyclic amines) is 1. The fraction of sp³-hybridized carbons (Fsp3) is 1.00. The van der Waals surface area contributed by atoms with Gasteiger partial charge in [-0.2, -0.15) is 0 Å². The van der Waals surface area contributed by atoms with Crippen molar-refractivity contribution in [2.75, 3.05) is 13.1 Å². The van der Waals surface area contributed by atoms with E-state index in [9.17, 15) is 0 Å². The van der Waals surface area contributed by atoms with Crippen LogP contribution >= 0.6 is 0 Å². The van der Waals surface area contributed by atoms with Crippen LogP contribution in [-0.4, -0.2) is 30.1 Å². The highest BCUT2D eigenvalue weighted by molar-refractivity contribution is 4.97. The van der Waals surface area contributed by atoms with Crippen molar-refractivity contribution in [1.82, 2.24) is 4.90 Å². The lowest BCUT2D eigenvalue weighted by atomic mass is 9.63. The maximum absolute atomic E-state index is 5.87. The van der Waals surface area contributed by atoms with Crippen molar-refractivity contribution >= 4 is 0 Å². The Morgan fingerprint density at radius 2 is 1.47 bits per heavy atom. The lowest BCUT2D eigenvalue weighted by Crippen LogP contribution is -2.61. The van der Waals surface area contributed by atoms with Crippen molar-refractivity contribution in [3.05, 3.63) is 0 Å². The third-order valence-corrected chi connectivity index (χ3v) is 3.99. The summed E-state index contributed by atoms with van der Waals surface area (Å²) in [6, 6.07) is 1.22. The topological polar surface area (TPSA) is 29.3 Å². The lowest BCUT2D eigenvalue weighted by molar-refractivity contribution is -0.0104. The molecule has 2 fully saturated rings. The van der Waals surface area contributed by atoms with Crippen LogP contribution in [-0.2, 0) is 0 Å². The maximum Gasteiger partial charge on any atom is 0.0297 e. The number of nitrogens with two attached hydrogens (primary N) is 1. The molecule has 0 atom stereocenters. The summed E-state index contributed by atoms with van der Waals surface area (Å²) >= 11 is 0. The molecule has 0 unspecified atom stereocenters. The van der Waals surface area contributed by atoms with Gasteiger partial charge in [0.1, 0.15) is 0 Å². The smallest absolute Gasteiger partial charge is 0.0297 e. The van der Waals surface area contributed by atoms with Crippen LogP contribution in [0.4, 0.5) is 0 Å². The predicted octanol–water partition coefficient (Wildman–Crippen LogP) is 2.23. The molecule has 2 aliphatic rings. The minimum atomic E-state index is 0.443. The molecule has 2 nitrogen and oxygen atoms in total. The molecule has 0 bridgehead atoms.